The lowest BCUT2D eigenvalue weighted by atomic mass is 9.98. The molecule has 0 spiro atoms. The lowest BCUT2D eigenvalue weighted by Crippen LogP contribution is -2.40. The molecule has 1 aromatic carbocycles. The SMILES string of the molecule is Cc1cc(C)c(NC(=O)COC(=O)C2CCN(S(=O)(=O)c3cccs3)CC2)c(C)c1. The summed E-state index contributed by atoms with van der Waals surface area (Å²) in [5.74, 6) is -1.26. The Labute approximate surface area is 181 Å². The molecule has 9 heteroatoms. The number of carbonyl (C=O) groups is 2. The third-order valence-corrected chi connectivity index (χ3v) is 8.44. The third-order valence-electron chi connectivity index (χ3n) is 5.16. The lowest BCUT2D eigenvalue weighted by Gasteiger charge is -2.29. The second kappa shape index (κ2) is 9.28. The first-order valence-electron chi connectivity index (χ1n) is 9.76. The second-order valence-corrected chi connectivity index (χ2v) is 10.7. The van der Waals surface area contributed by atoms with Gasteiger partial charge in [0.2, 0.25) is 0 Å². The van der Waals surface area contributed by atoms with E-state index in [0.29, 0.717) is 17.1 Å². The van der Waals surface area contributed by atoms with Crippen molar-refractivity contribution < 1.29 is 22.7 Å². The first-order valence-corrected chi connectivity index (χ1v) is 12.1. The number of amides is 1. The van der Waals surface area contributed by atoms with Crippen LogP contribution in [0.25, 0.3) is 0 Å². The molecule has 0 bridgehead atoms. The molecule has 162 valence electrons. The Morgan fingerprint density at radius 2 is 1.80 bits per heavy atom. The summed E-state index contributed by atoms with van der Waals surface area (Å²) >= 11 is 1.18. The van der Waals surface area contributed by atoms with Crippen molar-refractivity contribution in [3.05, 3.63) is 46.3 Å². The molecule has 2 heterocycles. The molecule has 0 unspecified atom stereocenters. The predicted octanol–water partition coefficient (Wildman–Crippen LogP) is 3.26. The summed E-state index contributed by atoms with van der Waals surface area (Å²) in [7, 11) is -3.50. The fourth-order valence-electron chi connectivity index (χ4n) is 3.68. The minimum absolute atomic E-state index is 0.258. The van der Waals surface area contributed by atoms with E-state index in [0.717, 1.165) is 22.4 Å². The zero-order valence-corrected chi connectivity index (χ0v) is 18.9. The fourth-order valence-corrected chi connectivity index (χ4v) is 6.29. The average molecular weight is 451 g/mol. The summed E-state index contributed by atoms with van der Waals surface area (Å²) in [5, 5.41) is 4.53. The van der Waals surface area contributed by atoms with Crippen LogP contribution in [0.5, 0.6) is 0 Å². The topological polar surface area (TPSA) is 92.8 Å². The lowest BCUT2D eigenvalue weighted by molar-refractivity contribution is -0.152. The van der Waals surface area contributed by atoms with Crippen LogP contribution in [0.2, 0.25) is 0 Å². The molecular formula is C21H26N2O5S2. The first kappa shape index (κ1) is 22.5. The van der Waals surface area contributed by atoms with Gasteiger partial charge in [-0.05, 0) is 56.2 Å². The summed E-state index contributed by atoms with van der Waals surface area (Å²) < 4.78 is 32.0. The van der Waals surface area contributed by atoms with Gasteiger partial charge in [-0.2, -0.15) is 4.31 Å². The molecular weight excluding hydrogens is 424 g/mol. The number of nitrogens with one attached hydrogen (secondary N) is 1. The van der Waals surface area contributed by atoms with E-state index in [1.807, 2.05) is 32.9 Å². The maximum Gasteiger partial charge on any atom is 0.309 e. The molecule has 1 N–H and O–H groups in total. The van der Waals surface area contributed by atoms with Crippen LogP contribution in [0.15, 0.2) is 33.9 Å². The molecule has 1 saturated heterocycles. The van der Waals surface area contributed by atoms with E-state index in [-0.39, 0.29) is 19.7 Å². The van der Waals surface area contributed by atoms with Gasteiger partial charge in [-0.3, -0.25) is 9.59 Å². The molecule has 0 atom stereocenters. The molecule has 1 fully saturated rings. The zero-order valence-electron chi connectivity index (χ0n) is 17.3. The highest BCUT2D eigenvalue weighted by atomic mass is 32.2. The monoisotopic (exact) mass is 450 g/mol. The molecule has 1 aliphatic rings. The number of hydrogen-bond acceptors (Lipinski definition) is 6. The standard InChI is InChI=1S/C21H26N2O5S2/c1-14-11-15(2)20(16(3)12-14)22-18(24)13-28-21(25)17-6-8-23(9-7-17)30(26,27)19-5-4-10-29-19/h4-5,10-12,17H,6-9,13H2,1-3H3,(H,22,24). The summed E-state index contributed by atoms with van der Waals surface area (Å²) in [6.07, 6.45) is 0.752. The van der Waals surface area contributed by atoms with Crippen LogP contribution in [-0.4, -0.2) is 44.3 Å². The van der Waals surface area contributed by atoms with E-state index >= 15 is 0 Å². The Bertz CT molecular complexity index is 1000. The van der Waals surface area contributed by atoms with Gasteiger partial charge in [-0.15, -0.1) is 11.3 Å². The summed E-state index contributed by atoms with van der Waals surface area (Å²) in [6.45, 7) is 5.98. The highest BCUT2D eigenvalue weighted by molar-refractivity contribution is 7.91. The van der Waals surface area contributed by atoms with Crippen LogP contribution in [-0.2, 0) is 24.3 Å². The van der Waals surface area contributed by atoms with Gasteiger partial charge in [-0.25, -0.2) is 8.42 Å². The summed E-state index contributed by atoms with van der Waals surface area (Å²) in [6, 6.07) is 7.24. The number of anilines is 1. The predicted molar refractivity (Wildman–Crippen MR) is 116 cm³/mol. The van der Waals surface area contributed by atoms with Crippen molar-refractivity contribution in [3.8, 4) is 0 Å². The molecule has 3 rings (SSSR count). The number of nitrogens with zero attached hydrogens (tertiary/aromatic N) is 1. The molecule has 1 aromatic heterocycles. The fraction of sp³-hybridized carbons (Fsp3) is 0.429. The molecule has 1 amide bonds. The average Bonchev–Trinajstić information content (AvgIpc) is 3.25. The molecule has 0 radical (unpaired) electrons. The number of thiophene rings is 1. The molecule has 1 aliphatic heterocycles. The Morgan fingerprint density at radius 1 is 1.17 bits per heavy atom. The van der Waals surface area contributed by atoms with Crippen molar-refractivity contribution in [1.82, 2.24) is 4.31 Å². The van der Waals surface area contributed by atoms with E-state index in [4.69, 9.17) is 4.74 Å². The molecule has 0 aliphatic carbocycles. The highest BCUT2D eigenvalue weighted by Crippen LogP contribution is 2.27. The van der Waals surface area contributed by atoms with E-state index < -0.39 is 27.8 Å². The minimum Gasteiger partial charge on any atom is -0.455 e. The Morgan fingerprint density at radius 3 is 2.37 bits per heavy atom. The van der Waals surface area contributed by atoms with Crippen LogP contribution < -0.4 is 5.32 Å². The number of ether oxygens (including phenoxy) is 1. The largest absolute Gasteiger partial charge is 0.455 e. The first-order chi connectivity index (χ1) is 14.2. The van der Waals surface area contributed by atoms with Gasteiger partial charge < -0.3 is 10.1 Å². The van der Waals surface area contributed by atoms with Gasteiger partial charge in [0.1, 0.15) is 4.21 Å². The van der Waals surface area contributed by atoms with E-state index in [1.165, 1.54) is 15.6 Å². The van der Waals surface area contributed by atoms with Crippen LogP contribution in [0.4, 0.5) is 5.69 Å². The number of piperidine rings is 1. The van der Waals surface area contributed by atoms with Gasteiger partial charge in [0.15, 0.2) is 6.61 Å². The van der Waals surface area contributed by atoms with Gasteiger partial charge in [0.05, 0.1) is 5.92 Å². The van der Waals surface area contributed by atoms with Crippen molar-refractivity contribution in [1.29, 1.82) is 0 Å². The molecule has 2 aromatic rings. The van der Waals surface area contributed by atoms with Crippen LogP contribution in [0, 0.1) is 26.7 Å². The van der Waals surface area contributed by atoms with Gasteiger partial charge in [-0.1, -0.05) is 23.8 Å². The number of esters is 1. The summed E-state index contributed by atoms with van der Waals surface area (Å²) in [5.41, 5.74) is 3.74. The number of benzene rings is 1. The number of aryl methyl sites for hydroxylation is 3. The van der Waals surface area contributed by atoms with Crippen molar-refractivity contribution in [2.45, 2.75) is 37.8 Å². The molecule has 30 heavy (non-hydrogen) atoms. The van der Waals surface area contributed by atoms with E-state index in [2.05, 4.69) is 5.32 Å². The van der Waals surface area contributed by atoms with Crippen LogP contribution in [0.1, 0.15) is 29.5 Å². The normalized spacial score (nSPS) is 15.7. The number of carbonyl (C=O) groups excluding carboxylic acids is 2. The Kier molecular flexibility index (Phi) is 6.95. The van der Waals surface area contributed by atoms with Crippen LogP contribution in [0.3, 0.4) is 0 Å². The zero-order chi connectivity index (χ0) is 21.9. The Hall–Kier alpha value is -2.23. The summed E-state index contributed by atoms with van der Waals surface area (Å²) in [4.78, 5) is 24.6. The second-order valence-electron chi connectivity index (χ2n) is 7.54. The van der Waals surface area contributed by atoms with Crippen molar-refractivity contribution in [2.24, 2.45) is 5.92 Å². The minimum atomic E-state index is -3.50. The van der Waals surface area contributed by atoms with E-state index in [9.17, 15) is 18.0 Å². The molecule has 0 saturated carbocycles. The maximum absolute atomic E-state index is 12.6. The van der Waals surface area contributed by atoms with Gasteiger partial charge in [0.25, 0.3) is 15.9 Å². The van der Waals surface area contributed by atoms with Crippen molar-refractivity contribution in [3.63, 3.8) is 0 Å². The van der Waals surface area contributed by atoms with Gasteiger partial charge >= 0.3 is 5.97 Å². The quantitative estimate of drug-likeness (QED) is 0.682. The Balaban J connectivity index is 1.49. The number of hydrogen-bond donors (Lipinski definition) is 1. The maximum atomic E-state index is 12.6. The highest BCUT2D eigenvalue weighted by Gasteiger charge is 2.33. The molecule has 7 nitrogen and oxygen atoms in total. The number of rotatable bonds is 6. The van der Waals surface area contributed by atoms with Crippen molar-refractivity contribution >= 4 is 38.9 Å². The van der Waals surface area contributed by atoms with Crippen LogP contribution >= 0.6 is 11.3 Å². The van der Waals surface area contributed by atoms with Gasteiger partial charge in [0, 0.05) is 18.8 Å². The number of sulfonamides is 1. The van der Waals surface area contributed by atoms with E-state index in [1.54, 1.807) is 17.5 Å². The smallest absolute Gasteiger partial charge is 0.309 e. The third kappa shape index (κ3) is 5.08. The van der Waals surface area contributed by atoms with Crippen molar-refractivity contribution in [2.75, 3.05) is 25.0 Å².